The monoisotopic (exact) mass is 240 g/mol. The Balaban J connectivity index is 2.19. The lowest BCUT2D eigenvalue weighted by molar-refractivity contribution is -0.385. The van der Waals surface area contributed by atoms with Gasteiger partial charge >= 0.3 is 5.69 Å². The number of nitrogen functional groups attached to an aromatic ring is 1. The van der Waals surface area contributed by atoms with Crippen LogP contribution in [0.3, 0.4) is 0 Å². The number of aromatic nitrogens is 2. The average Bonchev–Trinajstić information content (AvgIpc) is 2.30. The van der Waals surface area contributed by atoms with E-state index < -0.39 is 4.92 Å². The maximum Gasteiger partial charge on any atom is 0.372 e. The van der Waals surface area contributed by atoms with Crippen molar-refractivity contribution in [3.63, 3.8) is 0 Å². The third kappa shape index (κ3) is 2.59. The molecule has 92 valence electrons. The number of ether oxygens (including phenoxy) is 2. The summed E-state index contributed by atoms with van der Waals surface area (Å²) in [6.45, 7) is 1.16. The lowest BCUT2D eigenvalue weighted by atomic mass is 10.1. The first-order chi connectivity index (χ1) is 8.18. The number of rotatable bonds is 3. The van der Waals surface area contributed by atoms with Crippen LogP contribution in [0.2, 0.25) is 0 Å². The SMILES string of the molecule is Nc1ncnc(OC2CCOCC2)c1[N+](=O)[O-]. The van der Waals surface area contributed by atoms with Crippen LogP contribution in [-0.2, 0) is 4.74 Å². The van der Waals surface area contributed by atoms with Crippen molar-refractivity contribution in [1.29, 1.82) is 0 Å². The third-order valence-corrected chi connectivity index (χ3v) is 2.45. The Bertz CT molecular complexity index is 419. The van der Waals surface area contributed by atoms with Crippen molar-refractivity contribution < 1.29 is 14.4 Å². The van der Waals surface area contributed by atoms with Gasteiger partial charge in [0.1, 0.15) is 12.4 Å². The molecular formula is C9H12N4O4. The quantitative estimate of drug-likeness (QED) is 0.605. The molecule has 1 aliphatic rings. The first kappa shape index (κ1) is 11.5. The van der Waals surface area contributed by atoms with Crippen LogP contribution in [0.5, 0.6) is 5.88 Å². The van der Waals surface area contributed by atoms with Gasteiger partial charge in [0.05, 0.1) is 18.1 Å². The van der Waals surface area contributed by atoms with Gasteiger partial charge in [0.15, 0.2) is 0 Å². The smallest absolute Gasteiger partial charge is 0.372 e. The molecule has 2 rings (SSSR count). The molecule has 17 heavy (non-hydrogen) atoms. The minimum absolute atomic E-state index is 0.0746. The fourth-order valence-corrected chi connectivity index (χ4v) is 1.58. The Labute approximate surface area is 96.9 Å². The molecule has 0 unspecified atom stereocenters. The van der Waals surface area contributed by atoms with E-state index in [1.807, 2.05) is 0 Å². The summed E-state index contributed by atoms with van der Waals surface area (Å²) < 4.78 is 10.6. The van der Waals surface area contributed by atoms with Gasteiger partial charge in [-0.2, -0.15) is 4.98 Å². The van der Waals surface area contributed by atoms with E-state index in [2.05, 4.69) is 9.97 Å². The van der Waals surface area contributed by atoms with Crippen LogP contribution >= 0.6 is 0 Å². The Hall–Kier alpha value is -1.96. The molecule has 8 heteroatoms. The number of hydrogen-bond donors (Lipinski definition) is 1. The van der Waals surface area contributed by atoms with Crippen LogP contribution in [0.4, 0.5) is 11.5 Å². The maximum atomic E-state index is 10.8. The molecule has 0 amide bonds. The van der Waals surface area contributed by atoms with Gasteiger partial charge in [-0.25, -0.2) is 4.98 Å². The Morgan fingerprint density at radius 2 is 2.18 bits per heavy atom. The van der Waals surface area contributed by atoms with E-state index >= 15 is 0 Å². The van der Waals surface area contributed by atoms with Gasteiger partial charge < -0.3 is 15.2 Å². The predicted molar refractivity (Wildman–Crippen MR) is 57.6 cm³/mol. The molecule has 0 saturated carbocycles. The second-order valence-electron chi connectivity index (χ2n) is 3.60. The summed E-state index contributed by atoms with van der Waals surface area (Å²) in [5, 5.41) is 10.8. The topological polar surface area (TPSA) is 113 Å². The van der Waals surface area contributed by atoms with E-state index in [1.165, 1.54) is 0 Å². The Morgan fingerprint density at radius 1 is 1.47 bits per heavy atom. The normalized spacial score (nSPS) is 16.7. The van der Waals surface area contributed by atoms with Gasteiger partial charge in [0.2, 0.25) is 5.82 Å². The summed E-state index contributed by atoms with van der Waals surface area (Å²) in [6.07, 6.45) is 2.39. The highest BCUT2D eigenvalue weighted by Crippen LogP contribution is 2.30. The number of nitrogens with zero attached hydrogens (tertiary/aromatic N) is 3. The molecule has 0 aromatic carbocycles. The van der Waals surface area contributed by atoms with Gasteiger partial charge in [-0.05, 0) is 0 Å². The molecule has 0 aliphatic carbocycles. The summed E-state index contributed by atoms with van der Waals surface area (Å²) in [4.78, 5) is 17.5. The average molecular weight is 240 g/mol. The Morgan fingerprint density at radius 3 is 2.82 bits per heavy atom. The van der Waals surface area contributed by atoms with Gasteiger partial charge in [-0.3, -0.25) is 10.1 Å². The zero-order valence-electron chi connectivity index (χ0n) is 9.04. The number of hydrogen-bond acceptors (Lipinski definition) is 7. The summed E-state index contributed by atoms with van der Waals surface area (Å²) in [6, 6.07) is 0. The molecule has 1 fully saturated rings. The van der Waals surface area contributed by atoms with Gasteiger partial charge in [0, 0.05) is 12.8 Å². The van der Waals surface area contributed by atoms with Crippen LogP contribution in [0.1, 0.15) is 12.8 Å². The first-order valence-corrected chi connectivity index (χ1v) is 5.17. The highest BCUT2D eigenvalue weighted by Gasteiger charge is 2.26. The first-order valence-electron chi connectivity index (χ1n) is 5.17. The minimum Gasteiger partial charge on any atom is -0.469 e. The lowest BCUT2D eigenvalue weighted by Gasteiger charge is -2.22. The van der Waals surface area contributed by atoms with E-state index in [4.69, 9.17) is 15.2 Å². The van der Waals surface area contributed by atoms with Crippen molar-refractivity contribution in [3.05, 3.63) is 16.4 Å². The molecule has 1 saturated heterocycles. The predicted octanol–water partition coefficient (Wildman–Crippen LogP) is 0.525. The van der Waals surface area contributed by atoms with Crippen molar-refractivity contribution in [1.82, 2.24) is 9.97 Å². The fourth-order valence-electron chi connectivity index (χ4n) is 1.58. The van der Waals surface area contributed by atoms with Crippen molar-refractivity contribution in [2.24, 2.45) is 0 Å². The highest BCUT2D eigenvalue weighted by atomic mass is 16.6. The van der Waals surface area contributed by atoms with Crippen LogP contribution in [-0.4, -0.2) is 34.2 Å². The Kier molecular flexibility index (Phi) is 3.33. The van der Waals surface area contributed by atoms with Gasteiger partial charge in [0.25, 0.3) is 5.88 Å². The summed E-state index contributed by atoms with van der Waals surface area (Å²) >= 11 is 0. The molecule has 1 aromatic rings. The minimum atomic E-state index is -0.635. The van der Waals surface area contributed by atoms with Crippen LogP contribution < -0.4 is 10.5 Å². The van der Waals surface area contributed by atoms with Crippen LogP contribution in [0.25, 0.3) is 0 Å². The van der Waals surface area contributed by atoms with E-state index in [-0.39, 0.29) is 23.5 Å². The maximum absolute atomic E-state index is 10.8. The van der Waals surface area contributed by atoms with Gasteiger partial charge in [-0.1, -0.05) is 0 Å². The summed E-state index contributed by atoms with van der Waals surface area (Å²) in [7, 11) is 0. The standard InChI is InChI=1S/C9H12N4O4/c10-8-7(13(14)15)9(12-5-11-8)17-6-1-3-16-4-2-6/h5-6H,1-4H2,(H2,10,11,12). The zero-order chi connectivity index (χ0) is 12.3. The molecular weight excluding hydrogens is 228 g/mol. The molecule has 0 radical (unpaired) electrons. The molecule has 1 aliphatic heterocycles. The molecule has 0 bridgehead atoms. The summed E-state index contributed by atoms with van der Waals surface area (Å²) in [5.74, 6) is -0.263. The molecule has 0 atom stereocenters. The highest BCUT2D eigenvalue weighted by molar-refractivity contribution is 5.57. The molecule has 0 spiro atoms. The number of nitrogens with two attached hydrogens (primary N) is 1. The molecule has 2 heterocycles. The zero-order valence-corrected chi connectivity index (χ0v) is 9.04. The van der Waals surface area contributed by atoms with Crippen molar-refractivity contribution >= 4 is 11.5 Å². The molecule has 2 N–H and O–H groups in total. The van der Waals surface area contributed by atoms with Gasteiger partial charge in [-0.15, -0.1) is 0 Å². The largest absolute Gasteiger partial charge is 0.469 e. The van der Waals surface area contributed by atoms with Crippen molar-refractivity contribution in [3.8, 4) is 5.88 Å². The summed E-state index contributed by atoms with van der Waals surface area (Å²) in [5.41, 5.74) is 5.05. The van der Waals surface area contributed by atoms with E-state index in [0.717, 1.165) is 6.33 Å². The van der Waals surface area contributed by atoms with Crippen molar-refractivity contribution in [2.45, 2.75) is 18.9 Å². The number of anilines is 1. The second-order valence-corrected chi connectivity index (χ2v) is 3.60. The van der Waals surface area contributed by atoms with Crippen molar-refractivity contribution in [2.75, 3.05) is 18.9 Å². The lowest BCUT2D eigenvalue weighted by Crippen LogP contribution is -2.26. The van der Waals surface area contributed by atoms with E-state index in [1.54, 1.807) is 0 Å². The van der Waals surface area contributed by atoms with Crippen LogP contribution in [0, 0.1) is 10.1 Å². The second kappa shape index (κ2) is 4.91. The van der Waals surface area contributed by atoms with Crippen LogP contribution in [0.15, 0.2) is 6.33 Å². The molecule has 1 aromatic heterocycles. The van der Waals surface area contributed by atoms with E-state index in [9.17, 15) is 10.1 Å². The fraction of sp³-hybridized carbons (Fsp3) is 0.556. The number of nitro groups is 1. The third-order valence-electron chi connectivity index (χ3n) is 2.45. The molecule has 8 nitrogen and oxygen atoms in total. The van der Waals surface area contributed by atoms with E-state index in [0.29, 0.717) is 26.1 Å².